The lowest BCUT2D eigenvalue weighted by Gasteiger charge is -2.29. The van der Waals surface area contributed by atoms with Crippen LogP contribution in [0.5, 0.6) is 0 Å². The summed E-state index contributed by atoms with van der Waals surface area (Å²) in [6.07, 6.45) is 5.25. The Bertz CT molecular complexity index is 626. The smallest absolute Gasteiger partial charge is 0.308 e. The van der Waals surface area contributed by atoms with Crippen molar-refractivity contribution in [2.75, 3.05) is 0 Å². The van der Waals surface area contributed by atoms with Gasteiger partial charge in [-0.1, -0.05) is 31.0 Å². The number of para-hydroxylation sites is 1. The molecule has 3 rings (SSSR count). The van der Waals surface area contributed by atoms with E-state index >= 15 is 0 Å². The highest BCUT2D eigenvalue weighted by Gasteiger charge is 2.30. The van der Waals surface area contributed by atoms with Crippen LogP contribution in [0.2, 0.25) is 0 Å². The molecule has 0 radical (unpaired) electrons. The van der Waals surface area contributed by atoms with Crippen LogP contribution in [0.3, 0.4) is 0 Å². The maximum absolute atomic E-state index is 11.3. The van der Waals surface area contributed by atoms with Gasteiger partial charge >= 0.3 is 5.97 Å². The molecule has 0 unspecified atom stereocenters. The van der Waals surface area contributed by atoms with Gasteiger partial charge in [-0.3, -0.25) is 4.79 Å². The van der Waals surface area contributed by atoms with Gasteiger partial charge in [0.05, 0.1) is 18.2 Å². The van der Waals surface area contributed by atoms with Gasteiger partial charge in [0.25, 0.3) is 0 Å². The lowest BCUT2D eigenvalue weighted by molar-refractivity contribution is -0.143. The molecule has 6 nitrogen and oxygen atoms in total. The van der Waals surface area contributed by atoms with Crippen molar-refractivity contribution >= 4 is 5.97 Å². The second-order valence-corrected chi connectivity index (χ2v) is 5.64. The zero-order valence-corrected chi connectivity index (χ0v) is 12.4. The monoisotopic (exact) mass is 300 g/mol. The molecule has 1 heterocycles. The normalized spacial score (nSPS) is 21.6. The SMILES string of the molecule is O=C(O)[C@@H]1CCCC[C@@H]1NCc1ncnn1-c1ccccc1. The van der Waals surface area contributed by atoms with Crippen molar-refractivity contribution in [1.29, 1.82) is 0 Å². The van der Waals surface area contributed by atoms with Crippen molar-refractivity contribution in [2.45, 2.75) is 38.3 Å². The molecule has 0 aliphatic heterocycles. The maximum atomic E-state index is 11.3. The second kappa shape index (κ2) is 6.70. The van der Waals surface area contributed by atoms with Crippen LogP contribution < -0.4 is 5.32 Å². The molecule has 2 atom stereocenters. The number of hydrogen-bond donors (Lipinski definition) is 2. The number of benzene rings is 1. The molecule has 1 aliphatic rings. The predicted octanol–water partition coefficient (Wildman–Crippen LogP) is 2.00. The maximum Gasteiger partial charge on any atom is 0.308 e. The molecule has 0 bridgehead atoms. The van der Waals surface area contributed by atoms with E-state index in [4.69, 9.17) is 0 Å². The molecular formula is C16H20N4O2. The fraction of sp³-hybridized carbons (Fsp3) is 0.438. The Kier molecular flexibility index (Phi) is 4.48. The van der Waals surface area contributed by atoms with Crippen LogP contribution in [-0.4, -0.2) is 31.9 Å². The average molecular weight is 300 g/mol. The van der Waals surface area contributed by atoms with Crippen LogP contribution in [0, 0.1) is 5.92 Å². The third kappa shape index (κ3) is 3.17. The minimum Gasteiger partial charge on any atom is -0.481 e. The lowest BCUT2D eigenvalue weighted by Crippen LogP contribution is -2.42. The van der Waals surface area contributed by atoms with Gasteiger partial charge in [0.1, 0.15) is 12.2 Å². The van der Waals surface area contributed by atoms with Crippen molar-refractivity contribution in [2.24, 2.45) is 5.92 Å². The minimum absolute atomic E-state index is 0.00664. The number of aliphatic carboxylic acids is 1. The minimum atomic E-state index is -0.707. The number of hydrogen-bond acceptors (Lipinski definition) is 4. The molecule has 0 spiro atoms. The van der Waals surface area contributed by atoms with Crippen LogP contribution in [0.15, 0.2) is 36.7 Å². The van der Waals surface area contributed by atoms with E-state index in [1.165, 1.54) is 6.33 Å². The Hall–Kier alpha value is -2.21. The molecule has 1 saturated carbocycles. The number of nitrogens with one attached hydrogen (secondary N) is 1. The van der Waals surface area contributed by atoms with E-state index in [2.05, 4.69) is 15.4 Å². The predicted molar refractivity (Wildman–Crippen MR) is 81.6 cm³/mol. The van der Waals surface area contributed by atoms with Crippen LogP contribution in [-0.2, 0) is 11.3 Å². The molecule has 1 fully saturated rings. The summed E-state index contributed by atoms with van der Waals surface area (Å²) in [7, 11) is 0. The van der Waals surface area contributed by atoms with Crippen molar-refractivity contribution in [1.82, 2.24) is 20.1 Å². The zero-order chi connectivity index (χ0) is 15.4. The molecule has 0 saturated heterocycles. The average Bonchev–Trinajstić information content (AvgIpc) is 3.02. The number of rotatable bonds is 5. The van der Waals surface area contributed by atoms with Crippen molar-refractivity contribution in [3.05, 3.63) is 42.5 Å². The summed E-state index contributed by atoms with van der Waals surface area (Å²) in [6.45, 7) is 0.517. The first kappa shape index (κ1) is 14.7. The van der Waals surface area contributed by atoms with E-state index in [9.17, 15) is 9.90 Å². The Balaban J connectivity index is 1.69. The Morgan fingerprint density at radius 2 is 2.05 bits per heavy atom. The Morgan fingerprint density at radius 1 is 1.27 bits per heavy atom. The third-order valence-electron chi connectivity index (χ3n) is 4.22. The second-order valence-electron chi connectivity index (χ2n) is 5.64. The quantitative estimate of drug-likeness (QED) is 0.883. The number of nitrogens with zero attached hydrogens (tertiary/aromatic N) is 3. The largest absolute Gasteiger partial charge is 0.481 e. The molecule has 2 aromatic rings. The Morgan fingerprint density at radius 3 is 2.82 bits per heavy atom. The molecule has 2 N–H and O–H groups in total. The topological polar surface area (TPSA) is 80.0 Å². The summed E-state index contributed by atoms with van der Waals surface area (Å²) in [5.74, 6) is -0.218. The summed E-state index contributed by atoms with van der Waals surface area (Å²) in [4.78, 5) is 15.6. The number of carboxylic acid groups (broad SMARTS) is 1. The van der Waals surface area contributed by atoms with E-state index in [0.29, 0.717) is 6.54 Å². The van der Waals surface area contributed by atoms with Crippen LogP contribution in [0.1, 0.15) is 31.5 Å². The van der Waals surface area contributed by atoms with Gasteiger partial charge in [0.2, 0.25) is 0 Å². The highest BCUT2D eigenvalue weighted by Crippen LogP contribution is 2.25. The summed E-state index contributed by atoms with van der Waals surface area (Å²) < 4.78 is 1.78. The molecular weight excluding hydrogens is 280 g/mol. The molecule has 6 heteroatoms. The van der Waals surface area contributed by atoms with Gasteiger partial charge in [-0.15, -0.1) is 0 Å². The molecule has 116 valence electrons. The van der Waals surface area contributed by atoms with Gasteiger partial charge in [-0.2, -0.15) is 5.10 Å². The van der Waals surface area contributed by atoms with Crippen LogP contribution in [0.4, 0.5) is 0 Å². The molecule has 1 aromatic heterocycles. The van der Waals surface area contributed by atoms with Gasteiger partial charge < -0.3 is 10.4 Å². The van der Waals surface area contributed by atoms with Gasteiger partial charge in [0, 0.05) is 6.04 Å². The van der Waals surface area contributed by atoms with E-state index in [1.807, 2.05) is 30.3 Å². The molecule has 22 heavy (non-hydrogen) atoms. The van der Waals surface area contributed by atoms with Crippen LogP contribution in [0.25, 0.3) is 5.69 Å². The van der Waals surface area contributed by atoms with Gasteiger partial charge in [-0.05, 0) is 25.0 Å². The van der Waals surface area contributed by atoms with Crippen LogP contribution >= 0.6 is 0 Å². The fourth-order valence-corrected chi connectivity index (χ4v) is 3.06. The summed E-state index contributed by atoms with van der Waals surface area (Å²) in [5.41, 5.74) is 0.954. The zero-order valence-electron chi connectivity index (χ0n) is 12.4. The first-order valence-electron chi connectivity index (χ1n) is 7.66. The van der Waals surface area contributed by atoms with E-state index in [1.54, 1.807) is 4.68 Å². The first-order valence-corrected chi connectivity index (χ1v) is 7.66. The summed E-state index contributed by atoms with van der Waals surface area (Å²) >= 11 is 0. The molecule has 1 aliphatic carbocycles. The van der Waals surface area contributed by atoms with E-state index in [-0.39, 0.29) is 12.0 Å². The van der Waals surface area contributed by atoms with Gasteiger partial charge in [0.15, 0.2) is 0 Å². The Labute approximate surface area is 129 Å². The van der Waals surface area contributed by atoms with Crippen molar-refractivity contribution in [3.63, 3.8) is 0 Å². The lowest BCUT2D eigenvalue weighted by atomic mass is 9.84. The fourth-order valence-electron chi connectivity index (χ4n) is 3.06. The standard InChI is InChI=1S/C16H20N4O2/c21-16(22)13-8-4-5-9-14(13)17-10-15-18-11-19-20(15)12-6-2-1-3-7-12/h1-3,6-7,11,13-14,17H,4-5,8-10H2,(H,21,22)/t13-,14+/m1/s1. The summed E-state index contributed by atoms with van der Waals surface area (Å²) in [5, 5.41) is 16.9. The van der Waals surface area contributed by atoms with Crippen molar-refractivity contribution < 1.29 is 9.90 Å². The van der Waals surface area contributed by atoms with Gasteiger partial charge in [-0.25, -0.2) is 9.67 Å². The highest BCUT2D eigenvalue weighted by molar-refractivity contribution is 5.71. The van der Waals surface area contributed by atoms with E-state index in [0.717, 1.165) is 37.2 Å². The summed E-state index contributed by atoms with van der Waals surface area (Å²) in [6, 6.07) is 9.81. The number of aromatic nitrogens is 3. The number of carboxylic acids is 1. The third-order valence-corrected chi connectivity index (χ3v) is 4.22. The molecule has 1 aromatic carbocycles. The van der Waals surface area contributed by atoms with E-state index < -0.39 is 5.97 Å². The first-order chi connectivity index (χ1) is 10.8. The molecule has 0 amide bonds. The number of carbonyl (C=O) groups is 1. The highest BCUT2D eigenvalue weighted by atomic mass is 16.4. The van der Waals surface area contributed by atoms with Crippen molar-refractivity contribution in [3.8, 4) is 5.69 Å².